The van der Waals surface area contributed by atoms with Gasteiger partial charge in [-0.3, -0.25) is 14.3 Å². The molecule has 0 aliphatic carbocycles. The average molecular weight is 564 g/mol. The summed E-state index contributed by atoms with van der Waals surface area (Å²) in [5.41, 5.74) is 4.18. The molecule has 2 saturated heterocycles. The van der Waals surface area contributed by atoms with Crippen LogP contribution >= 0.6 is 0 Å². The summed E-state index contributed by atoms with van der Waals surface area (Å²) in [6, 6.07) is 15.1. The summed E-state index contributed by atoms with van der Waals surface area (Å²) in [5.74, 6) is -0.671. The number of nitriles is 1. The van der Waals surface area contributed by atoms with E-state index in [9.17, 15) is 14.9 Å². The van der Waals surface area contributed by atoms with E-state index in [1.54, 1.807) is 11.7 Å². The third-order valence-corrected chi connectivity index (χ3v) is 7.69. The van der Waals surface area contributed by atoms with Gasteiger partial charge in [-0.05, 0) is 41.8 Å². The highest BCUT2D eigenvalue weighted by Gasteiger charge is 2.25. The molecule has 218 valence electrons. The molecule has 0 spiro atoms. The highest BCUT2D eigenvalue weighted by molar-refractivity contribution is 5.82. The maximum atomic E-state index is 12.8. The van der Waals surface area contributed by atoms with Gasteiger partial charge in [-0.25, -0.2) is 4.79 Å². The molecule has 3 aromatic rings. The minimum atomic E-state index is -0.691. The van der Waals surface area contributed by atoms with Gasteiger partial charge in [-0.1, -0.05) is 30.3 Å². The minimum absolute atomic E-state index is 0.0692. The Kier molecular flexibility index (Phi) is 9.82. The number of fused-ring (bicyclic) bond motifs is 1. The Morgan fingerprint density at radius 1 is 1.17 bits per heavy atom. The predicted octanol–water partition coefficient (Wildman–Crippen LogP) is 1.54. The number of oxazole rings is 1. The fourth-order valence-electron chi connectivity index (χ4n) is 5.20. The van der Waals surface area contributed by atoms with Gasteiger partial charge in [0.25, 0.3) is 5.91 Å². The zero-order valence-electron chi connectivity index (χ0n) is 23.3. The van der Waals surface area contributed by atoms with Crippen LogP contribution in [0.2, 0.25) is 0 Å². The average Bonchev–Trinajstić information content (AvgIpc) is 3.30. The van der Waals surface area contributed by atoms with E-state index < -0.39 is 12.1 Å². The van der Waals surface area contributed by atoms with Crippen LogP contribution in [-0.4, -0.2) is 93.3 Å². The van der Waals surface area contributed by atoms with Gasteiger partial charge in [-0.15, -0.1) is 0 Å². The van der Waals surface area contributed by atoms with E-state index >= 15 is 0 Å². The topological polar surface area (TPSA) is 131 Å². The number of aromatic nitrogens is 1. The first-order valence-corrected chi connectivity index (χ1v) is 14.1. The normalized spacial score (nSPS) is 21.1. The fraction of sp³-hybridized carbons (Fsp3) is 0.500. The zero-order valence-corrected chi connectivity index (χ0v) is 23.3. The monoisotopic (exact) mass is 563 g/mol. The number of amides is 1. The standard InChI is InChI=1S/C30H37N5O6/c1-38-25-8-9-32-19-28(40-20-25)29(36)33-24(18-31)16-21-2-4-22(5-3-21)23-6-7-27-26(17-23)35(30(37)41-27)11-10-34-12-14-39-15-13-34/h2-7,17,24-25,28,32H,8-16,19-20H2,1H3,(H,33,36)/t24-,25+,28-/m0/s1. The van der Waals surface area contributed by atoms with Gasteiger partial charge >= 0.3 is 5.76 Å². The van der Waals surface area contributed by atoms with Crippen LogP contribution in [0.25, 0.3) is 22.2 Å². The fourth-order valence-corrected chi connectivity index (χ4v) is 5.20. The summed E-state index contributed by atoms with van der Waals surface area (Å²) >= 11 is 0. The van der Waals surface area contributed by atoms with E-state index in [4.69, 9.17) is 18.6 Å². The second kappa shape index (κ2) is 13.9. The van der Waals surface area contributed by atoms with E-state index in [1.165, 1.54) is 0 Å². The Bertz CT molecular complexity index is 1410. The van der Waals surface area contributed by atoms with Crippen molar-refractivity contribution in [2.45, 2.75) is 37.6 Å². The van der Waals surface area contributed by atoms with Gasteiger partial charge in [0.05, 0.1) is 37.5 Å². The number of rotatable bonds is 9. The largest absolute Gasteiger partial charge is 0.419 e. The molecule has 11 heteroatoms. The molecule has 1 amide bonds. The van der Waals surface area contributed by atoms with E-state index in [-0.39, 0.29) is 17.8 Å². The van der Waals surface area contributed by atoms with Crippen LogP contribution < -0.4 is 16.4 Å². The highest BCUT2D eigenvalue weighted by atomic mass is 16.5. The lowest BCUT2D eigenvalue weighted by molar-refractivity contribution is -0.136. The lowest BCUT2D eigenvalue weighted by atomic mass is 10.0. The van der Waals surface area contributed by atoms with Crippen molar-refractivity contribution in [3.63, 3.8) is 0 Å². The molecule has 0 unspecified atom stereocenters. The summed E-state index contributed by atoms with van der Waals surface area (Å²) in [5, 5.41) is 15.7. The van der Waals surface area contributed by atoms with Crippen molar-refractivity contribution in [1.29, 1.82) is 5.26 Å². The van der Waals surface area contributed by atoms with Crippen LogP contribution in [0.5, 0.6) is 0 Å². The first-order chi connectivity index (χ1) is 20.0. The quantitative estimate of drug-likeness (QED) is 0.398. The number of nitrogens with zero attached hydrogens (tertiary/aromatic N) is 3. The summed E-state index contributed by atoms with van der Waals surface area (Å²) in [6.07, 6.45) is 0.424. The predicted molar refractivity (Wildman–Crippen MR) is 152 cm³/mol. The summed E-state index contributed by atoms with van der Waals surface area (Å²) in [4.78, 5) is 27.7. The Balaban J connectivity index is 1.22. The lowest BCUT2D eigenvalue weighted by Gasteiger charge is -2.26. The molecule has 2 aromatic carbocycles. The molecule has 2 aliphatic rings. The number of ether oxygens (including phenoxy) is 3. The van der Waals surface area contributed by atoms with E-state index in [2.05, 4.69) is 21.6 Å². The number of methoxy groups -OCH3 is 1. The number of hydrogen-bond donors (Lipinski definition) is 2. The SMILES string of the molecule is CO[C@@H]1CCNC[C@@H](C(=O)N[C@H](C#N)Cc2ccc(-c3ccc4oc(=O)n(CCN5CCOCC5)c4c3)cc2)OC1. The van der Waals surface area contributed by atoms with Crippen molar-refractivity contribution in [2.75, 3.05) is 59.7 Å². The third kappa shape index (κ3) is 7.41. The minimum Gasteiger partial charge on any atom is -0.408 e. The molecule has 2 N–H and O–H groups in total. The van der Waals surface area contributed by atoms with Gasteiger partial charge in [-0.2, -0.15) is 5.26 Å². The van der Waals surface area contributed by atoms with Crippen LogP contribution in [0.15, 0.2) is 51.7 Å². The Labute approximate surface area is 239 Å². The molecule has 2 aliphatic heterocycles. The van der Waals surface area contributed by atoms with Gasteiger partial charge < -0.3 is 29.3 Å². The second-order valence-corrected chi connectivity index (χ2v) is 10.4. The first-order valence-electron chi connectivity index (χ1n) is 14.1. The van der Waals surface area contributed by atoms with Crippen LogP contribution in [0, 0.1) is 11.3 Å². The van der Waals surface area contributed by atoms with Gasteiger partial charge in [0.15, 0.2) is 5.58 Å². The number of nitrogens with one attached hydrogen (secondary N) is 2. The van der Waals surface area contributed by atoms with Crippen LogP contribution in [0.3, 0.4) is 0 Å². The van der Waals surface area contributed by atoms with Crippen molar-refractivity contribution in [1.82, 2.24) is 20.1 Å². The maximum Gasteiger partial charge on any atom is 0.419 e. The second-order valence-electron chi connectivity index (χ2n) is 10.4. The summed E-state index contributed by atoms with van der Waals surface area (Å²) < 4.78 is 23.7. The van der Waals surface area contributed by atoms with Gasteiger partial charge in [0.2, 0.25) is 0 Å². The van der Waals surface area contributed by atoms with Crippen molar-refractivity contribution in [3.8, 4) is 17.2 Å². The molecule has 5 rings (SSSR count). The van der Waals surface area contributed by atoms with Gasteiger partial charge in [0.1, 0.15) is 12.1 Å². The molecule has 0 saturated carbocycles. The number of carbonyl (C=O) groups is 1. The molecule has 3 heterocycles. The van der Waals surface area contributed by atoms with Crippen molar-refractivity contribution >= 4 is 17.0 Å². The van der Waals surface area contributed by atoms with E-state index in [1.807, 2.05) is 42.5 Å². The zero-order chi connectivity index (χ0) is 28.6. The number of hydrogen-bond acceptors (Lipinski definition) is 9. The van der Waals surface area contributed by atoms with Gasteiger partial charge in [0, 0.05) is 46.3 Å². The molecule has 11 nitrogen and oxygen atoms in total. The number of benzene rings is 2. The van der Waals surface area contributed by atoms with Crippen molar-refractivity contribution < 1.29 is 23.4 Å². The number of carbonyl (C=O) groups excluding carboxylic acids is 1. The molecule has 0 radical (unpaired) electrons. The van der Waals surface area contributed by atoms with E-state index in [0.29, 0.717) is 44.9 Å². The molecular formula is C30H37N5O6. The molecule has 3 atom stereocenters. The van der Waals surface area contributed by atoms with Crippen LogP contribution in [-0.2, 0) is 32.0 Å². The van der Waals surface area contributed by atoms with E-state index in [0.717, 1.165) is 54.8 Å². The molecule has 0 bridgehead atoms. The Hall–Kier alpha value is -3.53. The summed E-state index contributed by atoms with van der Waals surface area (Å²) in [7, 11) is 1.63. The maximum absolute atomic E-state index is 12.8. The summed E-state index contributed by atoms with van der Waals surface area (Å²) in [6.45, 7) is 5.90. The molecule has 41 heavy (non-hydrogen) atoms. The molecular weight excluding hydrogens is 526 g/mol. The lowest BCUT2D eigenvalue weighted by Crippen LogP contribution is -2.49. The third-order valence-electron chi connectivity index (χ3n) is 7.69. The first kappa shape index (κ1) is 29.0. The molecule has 1 aromatic heterocycles. The Morgan fingerprint density at radius 3 is 2.71 bits per heavy atom. The van der Waals surface area contributed by atoms with Crippen molar-refractivity contribution in [3.05, 3.63) is 58.6 Å². The Morgan fingerprint density at radius 2 is 1.95 bits per heavy atom. The van der Waals surface area contributed by atoms with Crippen LogP contribution in [0.1, 0.15) is 12.0 Å². The highest BCUT2D eigenvalue weighted by Crippen LogP contribution is 2.25. The molecule has 2 fully saturated rings. The van der Waals surface area contributed by atoms with Crippen LogP contribution in [0.4, 0.5) is 0 Å². The smallest absolute Gasteiger partial charge is 0.408 e. The number of morpholine rings is 1. The van der Waals surface area contributed by atoms with Crippen molar-refractivity contribution in [2.24, 2.45) is 0 Å².